The first-order chi connectivity index (χ1) is 19.1. The van der Waals surface area contributed by atoms with Gasteiger partial charge in [0.25, 0.3) is 0 Å². The summed E-state index contributed by atoms with van der Waals surface area (Å²) in [5, 5.41) is 0.0303. The third kappa shape index (κ3) is 4.57. The van der Waals surface area contributed by atoms with Crippen molar-refractivity contribution < 1.29 is 31.1 Å². The normalized spacial score (nSPS) is 19.2. The van der Waals surface area contributed by atoms with Gasteiger partial charge in [-0.25, -0.2) is 18.2 Å². The van der Waals surface area contributed by atoms with Crippen molar-refractivity contribution in [3.05, 3.63) is 41.4 Å². The van der Waals surface area contributed by atoms with Gasteiger partial charge in [0.1, 0.15) is 52.4 Å². The summed E-state index contributed by atoms with van der Waals surface area (Å²) in [7, 11) is 0. The van der Waals surface area contributed by atoms with Crippen LogP contribution in [0.1, 0.15) is 37.7 Å². The third-order valence-electron chi connectivity index (χ3n) is 7.83. The molecule has 6 heterocycles. The molecule has 2 N–H and O–H groups in total. The van der Waals surface area contributed by atoms with Crippen LogP contribution in [0, 0.1) is 11.6 Å². The van der Waals surface area contributed by atoms with E-state index < -0.39 is 51.9 Å². The van der Waals surface area contributed by atoms with Gasteiger partial charge in [0.2, 0.25) is 0 Å². The van der Waals surface area contributed by atoms with E-state index in [0.29, 0.717) is 19.0 Å². The molecule has 0 atom stereocenters. The fourth-order valence-corrected chi connectivity index (χ4v) is 6.01. The number of fused-ring (bicyclic) bond motifs is 2. The molecule has 0 aliphatic carbocycles. The number of nitrogens with two attached hydrogens (primary N) is 1. The van der Waals surface area contributed by atoms with Gasteiger partial charge in [-0.2, -0.15) is 23.1 Å². The summed E-state index contributed by atoms with van der Waals surface area (Å²) >= 11 is 0. The smallest absolute Gasteiger partial charge is 0.421 e. The number of alkyl halides is 3. The van der Waals surface area contributed by atoms with E-state index >= 15 is 4.39 Å². The molecule has 0 amide bonds. The van der Waals surface area contributed by atoms with Gasteiger partial charge in [0, 0.05) is 18.8 Å². The van der Waals surface area contributed by atoms with Gasteiger partial charge >= 0.3 is 12.2 Å². The summed E-state index contributed by atoms with van der Waals surface area (Å²) in [5.74, 6) is -3.87. The number of hydrogen-bond donors (Lipinski definition) is 1. The molecular weight excluding hydrogens is 540 g/mol. The molecule has 14 heteroatoms. The van der Waals surface area contributed by atoms with Crippen LogP contribution in [0.3, 0.4) is 0 Å². The standard InChI is InChI=1S/C26H25F6N7O/c27-14-4-1-7-38(12-14)23-15-11-34-22(21-18(26(30,31)32)16(28)10-17(33)35-21)19(29)20(15)36-24(37-23)40-13-25-5-2-8-39(25)9-3-6-25/h4,10-11H,1-3,5-9,12-13H2,(H2,33,35). The van der Waals surface area contributed by atoms with Gasteiger partial charge < -0.3 is 15.4 Å². The largest absolute Gasteiger partial charge is 0.461 e. The van der Waals surface area contributed by atoms with E-state index in [1.165, 1.54) is 6.08 Å². The van der Waals surface area contributed by atoms with Crippen LogP contribution in [0.5, 0.6) is 6.01 Å². The lowest BCUT2D eigenvalue weighted by Crippen LogP contribution is -2.43. The molecule has 2 fully saturated rings. The molecule has 0 unspecified atom stereocenters. The number of rotatable bonds is 5. The van der Waals surface area contributed by atoms with E-state index in [0.717, 1.165) is 45.0 Å². The summed E-state index contributed by atoms with van der Waals surface area (Å²) in [4.78, 5) is 20.0. The Balaban J connectivity index is 1.49. The fraction of sp³-hybridized carbons (Fsp3) is 0.462. The van der Waals surface area contributed by atoms with Crippen LogP contribution in [0.25, 0.3) is 22.3 Å². The van der Waals surface area contributed by atoms with E-state index in [4.69, 9.17) is 10.5 Å². The number of pyridine rings is 2. The van der Waals surface area contributed by atoms with Gasteiger partial charge in [-0.1, -0.05) is 0 Å². The molecule has 0 saturated carbocycles. The summed E-state index contributed by atoms with van der Waals surface area (Å²) in [5.41, 5.74) is 1.11. The minimum absolute atomic E-state index is 0.0303. The predicted molar refractivity (Wildman–Crippen MR) is 134 cm³/mol. The van der Waals surface area contributed by atoms with Crippen LogP contribution in [-0.2, 0) is 6.18 Å². The number of nitrogen functional groups attached to an aromatic ring is 1. The number of halogens is 6. The monoisotopic (exact) mass is 565 g/mol. The Labute approximate surface area is 224 Å². The van der Waals surface area contributed by atoms with Crippen molar-refractivity contribution in [2.75, 3.05) is 43.4 Å². The Hall–Kier alpha value is -3.68. The SMILES string of the molecule is Nc1cc(F)c(C(F)(F)F)c(-c2ncc3c(N4CCC=C(F)C4)nc(OCC45CCCN4CCC5)nc3c2F)n1. The van der Waals surface area contributed by atoms with Gasteiger partial charge in [-0.05, 0) is 51.3 Å². The van der Waals surface area contributed by atoms with Crippen molar-refractivity contribution in [2.24, 2.45) is 0 Å². The van der Waals surface area contributed by atoms with Crippen LogP contribution in [0.4, 0.5) is 38.0 Å². The van der Waals surface area contributed by atoms with E-state index in [1.54, 1.807) is 4.90 Å². The molecule has 6 rings (SSSR count). The van der Waals surface area contributed by atoms with E-state index in [2.05, 4.69) is 24.8 Å². The Bertz CT molecular complexity index is 1500. The van der Waals surface area contributed by atoms with Crippen molar-refractivity contribution in [1.29, 1.82) is 0 Å². The number of ether oxygens (including phenoxy) is 1. The lowest BCUT2D eigenvalue weighted by molar-refractivity contribution is -0.139. The van der Waals surface area contributed by atoms with Gasteiger partial charge in [0.15, 0.2) is 5.82 Å². The van der Waals surface area contributed by atoms with Crippen molar-refractivity contribution in [1.82, 2.24) is 24.8 Å². The van der Waals surface area contributed by atoms with Crippen molar-refractivity contribution in [3.8, 4) is 17.4 Å². The maximum atomic E-state index is 16.1. The van der Waals surface area contributed by atoms with E-state index in [1.807, 2.05) is 0 Å². The Morgan fingerprint density at radius 3 is 2.45 bits per heavy atom. The molecule has 3 aromatic heterocycles. The van der Waals surface area contributed by atoms with Crippen LogP contribution in [0.15, 0.2) is 24.2 Å². The topological polar surface area (TPSA) is 93.3 Å². The number of aromatic nitrogens is 4. The quantitative estimate of drug-likeness (QED) is 0.431. The van der Waals surface area contributed by atoms with E-state index in [9.17, 15) is 22.0 Å². The summed E-state index contributed by atoms with van der Waals surface area (Å²) in [6.45, 7) is 2.34. The number of hydrogen-bond acceptors (Lipinski definition) is 8. The Morgan fingerprint density at radius 1 is 1.00 bits per heavy atom. The molecule has 3 aliphatic rings. The first-order valence-corrected chi connectivity index (χ1v) is 12.9. The molecule has 0 radical (unpaired) electrons. The highest BCUT2D eigenvalue weighted by molar-refractivity contribution is 5.92. The zero-order valence-corrected chi connectivity index (χ0v) is 21.2. The minimum Gasteiger partial charge on any atom is -0.461 e. The molecule has 0 spiro atoms. The fourth-order valence-electron chi connectivity index (χ4n) is 6.01. The zero-order chi connectivity index (χ0) is 28.2. The third-order valence-corrected chi connectivity index (χ3v) is 7.83. The molecule has 40 heavy (non-hydrogen) atoms. The van der Waals surface area contributed by atoms with Crippen LogP contribution in [-0.4, -0.2) is 63.2 Å². The summed E-state index contributed by atoms with van der Waals surface area (Å²) in [6.07, 6.45) is 1.53. The second kappa shape index (κ2) is 9.75. The first-order valence-electron chi connectivity index (χ1n) is 12.9. The second-order valence-corrected chi connectivity index (χ2v) is 10.3. The first kappa shape index (κ1) is 26.5. The highest BCUT2D eigenvalue weighted by Crippen LogP contribution is 2.41. The number of nitrogens with zero attached hydrogens (tertiary/aromatic N) is 6. The second-order valence-electron chi connectivity index (χ2n) is 10.3. The molecule has 8 nitrogen and oxygen atoms in total. The van der Waals surface area contributed by atoms with Crippen LogP contribution < -0.4 is 15.4 Å². The molecule has 3 aromatic rings. The highest BCUT2D eigenvalue weighted by atomic mass is 19.4. The van der Waals surface area contributed by atoms with Crippen molar-refractivity contribution in [2.45, 2.75) is 43.8 Å². The average molecular weight is 566 g/mol. The van der Waals surface area contributed by atoms with Crippen molar-refractivity contribution in [3.63, 3.8) is 0 Å². The molecule has 3 aliphatic heterocycles. The molecular formula is C26H25F6N7O. The maximum absolute atomic E-state index is 16.1. The van der Waals surface area contributed by atoms with Crippen LogP contribution in [0.2, 0.25) is 0 Å². The van der Waals surface area contributed by atoms with E-state index in [-0.39, 0.29) is 35.9 Å². The Kier molecular flexibility index (Phi) is 6.47. The summed E-state index contributed by atoms with van der Waals surface area (Å²) in [6, 6.07) is 0.203. The maximum Gasteiger partial charge on any atom is 0.421 e. The molecule has 0 bridgehead atoms. The lowest BCUT2D eigenvalue weighted by Gasteiger charge is -2.31. The number of anilines is 2. The Morgan fingerprint density at radius 2 is 1.75 bits per heavy atom. The predicted octanol–water partition coefficient (Wildman–Crippen LogP) is 5.04. The average Bonchev–Trinajstić information content (AvgIpc) is 3.47. The molecule has 212 valence electrons. The van der Waals surface area contributed by atoms with Gasteiger partial charge in [-0.3, -0.25) is 9.88 Å². The lowest BCUT2D eigenvalue weighted by atomic mass is 9.95. The van der Waals surface area contributed by atoms with Gasteiger partial charge in [-0.15, -0.1) is 0 Å². The van der Waals surface area contributed by atoms with Crippen molar-refractivity contribution >= 4 is 22.5 Å². The molecule has 0 aromatic carbocycles. The van der Waals surface area contributed by atoms with Gasteiger partial charge in [0.05, 0.1) is 17.5 Å². The minimum atomic E-state index is -5.21. The highest BCUT2D eigenvalue weighted by Gasteiger charge is 2.45. The zero-order valence-electron chi connectivity index (χ0n) is 21.2. The summed E-state index contributed by atoms with van der Waals surface area (Å²) < 4.78 is 92.0. The van der Waals surface area contributed by atoms with Crippen LogP contribution >= 0.6 is 0 Å². The molecule has 2 saturated heterocycles.